The van der Waals surface area contributed by atoms with Crippen molar-refractivity contribution in [2.75, 3.05) is 13.1 Å². The minimum atomic E-state index is -0.496. The minimum Gasteiger partial charge on any atom is -0.439 e. The van der Waals surface area contributed by atoms with Crippen molar-refractivity contribution in [3.8, 4) is 11.6 Å². The first-order valence-electron chi connectivity index (χ1n) is 7.47. The van der Waals surface area contributed by atoms with Crippen molar-refractivity contribution < 1.29 is 9.53 Å². The topological polar surface area (TPSA) is 77.2 Å². The van der Waals surface area contributed by atoms with Crippen LogP contribution in [0, 0.1) is 0 Å². The van der Waals surface area contributed by atoms with E-state index in [2.05, 4.69) is 22.4 Å². The van der Waals surface area contributed by atoms with Crippen molar-refractivity contribution in [1.29, 1.82) is 0 Å². The van der Waals surface area contributed by atoms with Gasteiger partial charge in [-0.2, -0.15) is 0 Å². The molecule has 1 atom stereocenters. The van der Waals surface area contributed by atoms with Crippen LogP contribution in [0.2, 0.25) is 0 Å². The van der Waals surface area contributed by atoms with Gasteiger partial charge in [-0.3, -0.25) is 4.79 Å². The number of hydrogen-bond donors (Lipinski definition) is 2. The number of primary amides is 1. The molecule has 1 saturated heterocycles. The normalized spacial score (nSPS) is 17.1. The molecule has 0 radical (unpaired) electrons. The molecule has 0 aliphatic carbocycles. The molecule has 1 aliphatic heterocycles. The Morgan fingerprint density at radius 1 is 1.22 bits per heavy atom. The maximum atomic E-state index is 11.0. The molecule has 122 valence electrons. The molecule has 2 aromatic rings. The second-order valence-corrected chi connectivity index (χ2v) is 5.46. The first-order chi connectivity index (χ1) is 10.7. The van der Waals surface area contributed by atoms with Crippen LogP contribution in [-0.2, 0) is 0 Å². The van der Waals surface area contributed by atoms with Crippen molar-refractivity contribution in [2.24, 2.45) is 5.73 Å². The van der Waals surface area contributed by atoms with Crippen molar-refractivity contribution in [2.45, 2.75) is 18.8 Å². The number of pyridine rings is 1. The van der Waals surface area contributed by atoms with E-state index in [4.69, 9.17) is 10.5 Å². The lowest BCUT2D eigenvalue weighted by Crippen LogP contribution is -2.28. The molecule has 0 saturated carbocycles. The summed E-state index contributed by atoms with van der Waals surface area (Å²) in [7, 11) is 0. The molecule has 0 spiro atoms. The van der Waals surface area contributed by atoms with Gasteiger partial charge in [0.05, 0.1) is 5.56 Å². The van der Waals surface area contributed by atoms with E-state index in [9.17, 15) is 4.79 Å². The number of carbonyl (C=O) groups excluding carboxylic acids is 1. The average Bonchev–Trinajstić information content (AvgIpc) is 2.57. The van der Waals surface area contributed by atoms with Gasteiger partial charge in [-0.25, -0.2) is 4.98 Å². The van der Waals surface area contributed by atoms with E-state index in [1.807, 2.05) is 12.1 Å². The Labute approximate surface area is 141 Å². The largest absolute Gasteiger partial charge is 0.439 e. The molecule has 6 heteroatoms. The maximum absolute atomic E-state index is 11.0. The zero-order valence-corrected chi connectivity index (χ0v) is 13.5. The monoisotopic (exact) mass is 333 g/mol. The van der Waals surface area contributed by atoms with Gasteiger partial charge in [0, 0.05) is 18.8 Å². The van der Waals surface area contributed by atoms with E-state index < -0.39 is 5.91 Å². The summed E-state index contributed by atoms with van der Waals surface area (Å²) in [6, 6.07) is 11.3. The number of ether oxygens (including phenoxy) is 1. The smallest absolute Gasteiger partial charge is 0.250 e. The molecule has 1 unspecified atom stereocenters. The van der Waals surface area contributed by atoms with Gasteiger partial charge in [0.15, 0.2) is 0 Å². The number of nitrogens with two attached hydrogens (primary N) is 1. The quantitative estimate of drug-likeness (QED) is 0.902. The Kier molecular flexibility index (Phi) is 5.96. The molecule has 1 fully saturated rings. The van der Waals surface area contributed by atoms with Crippen LogP contribution in [0.1, 0.15) is 34.7 Å². The zero-order valence-electron chi connectivity index (χ0n) is 12.7. The third-order valence-electron chi connectivity index (χ3n) is 3.89. The number of rotatable bonds is 4. The van der Waals surface area contributed by atoms with Crippen LogP contribution in [-0.4, -0.2) is 24.0 Å². The molecule has 0 bridgehead atoms. The number of piperidine rings is 1. The fraction of sp³-hybridized carbons (Fsp3) is 0.294. The predicted molar refractivity (Wildman–Crippen MR) is 91.4 cm³/mol. The highest BCUT2D eigenvalue weighted by Gasteiger charge is 2.14. The van der Waals surface area contributed by atoms with Gasteiger partial charge in [-0.1, -0.05) is 12.1 Å². The average molecular weight is 334 g/mol. The van der Waals surface area contributed by atoms with E-state index in [0.717, 1.165) is 18.8 Å². The van der Waals surface area contributed by atoms with E-state index in [1.165, 1.54) is 24.6 Å². The second kappa shape index (κ2) is 7.94. The summed E-state index contributed by atoms with van der Waals surface area (Å²) in [5.41, 5.74) is 6.88. The van der Waals surface area contributed by atoms with Gasteiger partial charge in [0.1, 0.15) is 5.75 Å². The van der Waals surface area contributed by atoms with Gasteiger partial charge in [0.25, 0.3) is 0 Å². The summed E-state index contributed by atoms with van der Waals surface area (Å²) in [6.45, 7) is 2.15. The number of aromatic nitrogens is 1. The zero-order chi connectivity index (χ0) is 15.4. The molecule has 1 aromatic carbocycles. The van der Waals surface area contributed by atoms with Crippen LogP contribution in [0.25, 0.3) is 0 Å². The van der Waals surface area contributed by atoms with E-state index in [1.54, 1.807) is 12.1 Å². The fourth-order valence-corrected chi connectivity index (χ4v) is 2.65. The summed E-state index contributed by atoms with van der Waals surface area (Å²) < 4.78 is 5.68. The predicted octanol–water partition coefficient (Wildman–Crippen LogP) is 2.86. The van der Waals surface area contributed by atoms with E-state index in [-0.39, 0.29) is 12.4 Å². The number of halogens is 1. The summed E-state index contributed by atoms with van der Waals surface area (Å²) in [4.78, 5) is 15.1. The summed E-state index contributed by atoms with van der Waals surface area (Å²) >= 11 is 0. The van der Waals surface area contributed by atoms with Gasteiger partial charge >= 0.3 is 0 Å². The number of carbonyl (C=O) groups is 1. The lowest BCUT2D eigenvalue weighted by molar-refractivity contribution is 0.1000. The molecule has 5 nitrogen and oxygen atoms in total. The molecule has 1 aliphatic rings. The first kappa shape index (κ1) is 17.2. The highest BCUT2D eigenvalue weighted by molar-refractivity contribution is 5.92. The fourth-order valence-electron chi connectivity index (χ4n) is 2.65. The third kappa shape index (κ3) is 4.43. The van der Waals surface area contributed by atoms with Crippen LogP contribution < -0.4 is 15.8 Å². The van der Waals surface area contributed by atoms with Crippen molar-refractivity contribution >= 4 is 18.3 Å². The maximum Gasteiger partial charge on any atom is 0.250 e. The lowest BCUT2D eigenvalue weighted by Gasteiger charge is -2.23. The standard InChI is InChI=1S/C17H19N3O2.ClH/c18-17(21)14-5-8-16(20-11-14)22-15-6-3-12(4-7-15)13-2-1-9-19-10-13;/h3-8,11,13,19H,1-2,9-10H2,(H2,18,21);1H. The van der Waals surface area contributed by atoms with Gasteiger partial charge < -0.3 is 15.8 Å². The van der Waals surface area contributed by atoms with Gasteiger partial charge in [-0.05, 0) is 49.1 Å². The Hall–Kier alpha value is -2.11. The molecular formula is C17H20ClN3O2. The Morgan fingerprint density at radius 2 is 2.00 bits per heavy atom. The Bertz CT molecular complexity index is 638. The lowest BCUT2D eigenvalue weighted by atomic mass is 9.92. The SMILES string of the molecule is Cl.NC(=O)c1ccc(Oc2ccc(C3CCCNC3)cc2)nc1. The number of benzene rings is 1. The van der Waals surface area contributed by atoms with Crippen molar-refractivity contribution in [3.63, 3.8) is 0 Å². The molecular weight excluding hydrogens is 314 g/mol. The van der Waals surface area contributed by atoms with Crippen LogP contribution in [0.3, 0.4) is 0 Å². The number of nitrogens with one attached hydrogen (secondary N) is 1. The van der Waals surface area contributed by atoms with Crippen LogP contribution in [0.5, 0.6) is 11.6 Å². The van der Waals surface area contributed by atoms with Gasteiger partial charge in [-0.15, -0.1) is 12.4 Å². The second-order valence-electron chi connectivity index (χ2n) is 5.46. The molecule has 23 heavy (non-hydrogen) atoms. The van der Waals surface area contributed by atoms with E-state index in [0.29, 0.717) is 17.4 Å². The molecule has 1 amide bonds. The summed E-state index contributed by atoms with van der Waals surface area (Å²) in [5, 5.41) is 3.42. The van der Waals surface area contributed by atoms with Crippen molar-refractivity contribution in [1.82, 2.24) is 10.3 Å². The highest BCUT2D eigenvalue weighted by atomic mass is 35.5. The molecule has 1 aromatic heterocycles. The summed E-state index contributed by atoms with van der Waals surface area (Å²) in [5.74, 6) is 1.25. The first-order valence-corrected chi connectivity index (χ1v) is 7.47. The molecule has 3 N–H and O–H groups in total. The Balaban J connectivity index is 0.00000192. The van der Waals surface area contributed by atoms with E-state index >= 15 is 0 Å². The number of nitrogens with zero attached hydrogens (tertiary/aromatic N) is 1. The Morgan fingerprint density at radius 3 is 2.57 bits per heavy atom. The molecule has 2 heterocycles. The van der Waals surface area contributed by atoms with Crippen molar-refractivity contribution in [3.05, 3.63) is 53.7 Å². The van der Waals surface area contributed by atoms with Crippen LogP contribution >= 0.6 is 12.4 Å². The minimum absolute atomic E-state index is 0. The third-order valence-corrected chi connectivity index (χ3v) is 3.89. The highest BCUT2D eigenvalue weighted by Crippen LogP contribution is 2.26. The van der Waals surface area contributed by atoms with Crippen LogP contribution in [0.4, 0.5) is 0 Å². The number of hydrogen-bond acceptors (Lipinski definition) is 4. The summed E-state index contributed by atoms with van der Waals surface area (Å²) in [6.07, 6.45) is 3.86. The van der Waals surface area contributed by atoms with Crippen LogP contribution in [0.15, 0.2) is 42.6 Å². The molecule has 3 rings (SSSR count). The van der Waals surface area contributed by atoms with Gasteiger partial charge in [0.2, 0.25) is 11.8 Å². The number of amides is 1.